The van der Waals surface area contributed by atoms with Crippen LogP contribution in [0.15, 0.2) is 53.6 Å². The van der Waals surface area contributed by atoms with Crippen molar-refractivity contribution in [2.45, 2.75) is 13.5 Å². The second kappa shape index (κ2) is 6.35. The molecule has 0 radical (unpaired) electrons. The van der Waals surface area contributed by atoms with E-state index in [2.05, 4.69) is 46.6 Å². The third-order valence-corrected chi connectivity index (χ3v) is 3.51. The van der Waals surface area contributed by atoms with Gasteiger partial charge in [0.25, 0.3) is 5.69 Å². The number of nitrogens with zero attached hydrogens (tertiary/aromatic N) is 4. The van der Waals surface area contributed by atoms with E-state index in [9.17, 15) is 10.1 Å². The number of hydrazine groups is 1. The first-order chi connectivity index (χ1) is 11.1. The lowest BCUT2D eigenvalue weighted by atomic mass is 10.1. The van der Waals surface area contributed by atoms with Crippen LogP contribution in [-0.4, -0.2) is 27.9 Å². The van der Waals surface area contributed by atoms with Crippen molar-refractivity contribution in [1.82, 2.24) is 10.0 Å². The Morgan fingerprint density at radius 1 is 1.17 bits per heavy atom. The maximum absolute atomic E-state index is 10.6. The van der Waals surface area contributed by atoms with Crippen molar-refractivity contribution in [2.75, 3.05) is 12.1 Å². The lowest BCUT2D eigenvalue weighted by molar-refractivity contribution is -0.384. The fourth-order valence-electron chi connectivity index (χ4n) is 2.27. The number of nitrogens with one attached hydrogen (secondary N) is 1. The van der Waals surface area contributed by atoms with Crippen molar-refractivity contribution in [3.63, 3.8) is 0 Å². The summed E-state index contributed by atoms with van der Waals surface area (Å²) in [6.07, 6.45) is 1.78. The molecule has 0 saturated carbocycles. The quantitative estimate of drug-likeness (QED) is 0.679. The minimum absolute atomic E-state index is 0.0708. The second-order valence-electron chi connectivity index (χ2n) is 5.42. The molecule has 1 aliphatic heterocycles. The molecule has 0 spiro atoms. The van der Waals surface area contributed by atoms with Gasteiger partial charge in [0.05, 0.1) is 10.6 Å². The lowest BCUT2D eigenvalue weighted by Crippen LogP contribution is -2.30. The molecule has 0 aliphatic carbocycles. The first-order valence-corrected chi connectivity index (χ1v) is 7.22. The number of anilines is 1. The molecule has 7 nitrogen and oxygen atoms in total. The van der Waals surface area contributed by atoms with Crippen LogP contribution in [0.1, 0.15) is 11.1 Å². The van der Waals surface area contributed by atoms with Gasteiger partial charge in [-0.2, -0.15) is 5.12 Å². The summed E-state index contributed by atoms with van der Waals surface area (Å²) in [4.78, 5) is 12.3. The smallest absolute Gasteiger partial charge is 0.269 e. The number of nitro benzene ring substituents is 1. The number of aryl methyl sites for hydroxylation is 1. The van der Waals surface area contributed by atoms with E-state index in [1.165, 1.54) is 23.3 Å². The highest BCUT2D eigenvalue weighted by molar-refractivity contribution is 5.57. The molecule has 0 fully saturated rings. The summed E-state index contributed by atoms with van der Waals surface area (Å²) in [5.41, 5.74) is 6.39. The molecule has 0 saturated heterocycles. The number of hydrogen-bond donors (Lipinski definition) is 1. The van der Waals surface area contributed by atoms with Gasteiger partial charge in [0.15, 0.2) is 0 Å². The zero-order valence-corrected chi connectivity index (χ0v) is 12.7. The van der Waals surface area contributed by atoms with E-state index in [1.54, 1.807) is 23.6 Å². The Morgan fingerprint density at radius 2 is 1.87 bits per heavy atom. The highest BCUT2D eigenvalue weighted by atomic mass is 16.6. The van der Waals surface area contributed by atoms with Gasteiger partial charge in [0, 0.05) is 18.7 Å². The molecule has 118 valence electrons. The predicted octanol–water partition coefficient (Wildman–Crippen LogP) is 2.95. The molecule has 2 aromatic rings. The average molecular weight is 311 g/mol. The van der Waals surface area contributed by atoms with Gasteiger partial charge < -0.3 is 4.90 Å². The van der Waals surface area contributed by atoms with Gasteiger partial charge in [-0.3, -0.25) is 15.5 Å². The van der Waals surface area contributed by atoms with Crippen LogP contribution in [0.3, 0.4) is 0 Å². The minimum Gasteiger partial charge on any atom is -0.336 e. The number of benzene rings is 2. The van der Waals surface area contributed by atoms with Crippen LogP contribution in [0.25, 0.3) is 0 Å². The summed E-state index contributed by atoms with van der Waals surface area (Å²) >= 11 is 0. The highest BCUT2D eigenvalue weighted by Crippen LogP contribution is 2.17. The van der Waals surface area contributed by atoms with Crippen LogP contribution in [0.2, 0.25) is 0 Å². The predicted molar refractivity (Wildman–Crippen MR) is 88.6 cm³/mol. The molecular weight excluding hydrogens is 294 g/mol. The van der Waals surface area contributed by atoms with Crippen molar-refractivity contribution in [3.05, 3.63) is 69.8 Å². The van der Waals surface area contributed by atoms with E-state index in [-0.39, 0.29) is 5.69 Å². The second-order valence-corrected chi connectivity index (χ2v) is 5.42. The van der Waals surface area contributed by atoms with Gasteiger partial charge in [-0.1, -0.05) is 29.8 Å². The van der Waals surface area contributed by atoms with E-state index in [4.69, 9.17) is 0 Å². The van der Waals surface area contributed by atoms with E-state index in [1.807, 2.05) is 0 Å². The Balaban J connectivity index is 1.54. The average Bonchev–Trinajstić information content (AvgIpc) is 2.97. The van der Waals surface area contributed by atoms with Gasteiger partial charge >= 0.3 is 0 Å². The van der Waals surface area contributed by atoms with Crippen LogP contribution < -0.4 is 5.43 Å². The third kappa shape index (κ3) is 3.76. The van der Waals surface area contributed by atoms with Gasteiger partial charge in [0.2, 0.25) is 0 Å². The molecule has 1 heterocycles. The summed E-state index contributed by atoms with van der Waals surface area (Å²) < 4.78 is 0. The Hall–Kier alpha value is -3.09. The monoisotopic (exact) mass is 311 g/mol. The molecular formula is C16H17N5O2. The van der Waals surface area contributed by atoms with Gasteiger partial charge in [-0.15, -0.1) is 5.10 Å². The molecule has 0 atom stereocenters. The van der Waals surface area contributed by atoms with E-state index >= 15 is 0 Å². The molecule has 3 rings (SSSR count). The first kappa shape index (κ1) is 14.8. The summed E-state index contributed by atoms with van der Waals surface area (Å²) in [5, 5.41) is 16.6. The lowest BCUT2D eigenvalue weighted by Gasteiger charge is -2.20. The molecule has 1 aliphatic rings. The maximum atomic E-state index is 10.6. The van der Waals surface area contributed by atoms with Crippen LogP contribution in [0.4, 0.5) is 11.4 Å². The fraction of sp³-hybridized carbons (Fsp3) is 0.188. The van der Waals surface area contributed by atoms with Gasteiger partial charge in [-0.25, -0.2) is 0 Å². The standard InChI is InChI=1S/C16H17N5O2/c1-13-2-4-14(5-3-13)10-19-11-17-20(12-19)18-15-6-8-16(9-7-15)21(22)23/h2-9,11,18H,10,12H2,1H3. The largest absolute Gasteiger partial charge is 0.336 e. The van der Waals surface area contributed by atoms with E-state index < -0.39 is 4.92 Å². The summed E-state index contributed by atoms with van der Waals surface area (Å²) in [7, 11) is 0. The molecule has 0 unspecified atom stereocenters. The Bertz CT molecular complexity index is 712. The van der Waals surface area contributed by atoms with Crippen molar-refractivity contribution in [3.8, 4) is 0 Å². The van der Waals surface area contributed by atoms with E-state index in [0.717, 1.165) is 12.2 Å². The van der Waals surface area contributed by atoms with Crippen LogP contribution >= 0.6 is 0 Å². The number of hydrogen-bond acceptors (Lipinski definition) is 6. The zero-order valence-electron chi connectivity index (χ0n) is 12.7. The third-order valence-electron chi connectivity index (χ3n) is 3.51. The minimum atomic E-state index is -0.416. The van der Waals surface area contributed by atoms with E-state index in [0.29, 0.717) is 6.67 Å². The summed E-state index contributed by atoms with van der Waals surface area (Å²) in [5.74, 6) is 0. The molecule has 2 aromatic carbocycles. The molecule has 0 amide bonds. The van der Waals surface area contributed by atoms with Crippen molar-refractivity contribution < 1.29 is 4.92 Å². The number of nitro groups is 1. The Kier molecular flexibility index (Phi) is 4.09. The van der Waals surface area contributed by atoms with Gasteiger partial charge in [0.1, 0.15) is 13.0 Å². The maximum Gasteiger partial charge on any atom is 0.269 e. The van der Waals surface area contributed by atoms with Crippen LogP contribution in [-0.2, 0) is 6.54 Å². The molecule has 23 heavy (non-hydrogen) atoms. The normalized spacial score (nSPS) is 13.4. The fourth-order valence-corrected chi connectivity index (χ4v) is 2.27. The molecule has 0 bridgehead atoms. The number of hydrazone groups is 1. The molecule has 0 aromatic heterocycles. The molecule has 7 heteroatoms. The van der Waals surface area contributed by atoms with Gasteiger partial charge in [-0.05, 0) is 24.6 Å². The molecule has 1 N–H and O–H groups in total. The SMILES string of the molecule is Cc1ccc(CN2C=NN(Nc3ccc([N+](=O)[O-])cc3)C2)cc1. The van der Waals surface area contributed by atoms with Crippen LogP contribution in [0.5, 0.6) is 0 Å². The summed E-state index contributed by atoms with van der Waals surface area (Å²) in [6, 6.07) is 14.7. The first-order valence-electron chi connectivity index (χ1n) is 7.22. The van der Waals surface area contributed by atoms with Crippen molar-refractivity contribution in [1.29, 1.82) is 0 Å². The van der Waals surface area contributed by atoms with Crippen molar-refractivity contribution in [2.24, 2.45) is 5.10 Å². The van der Waals surface area contributed by atoms with Crippen LogP contribution in [0, 0.1) is 17.0 Å². The topological polar surface area (TPSA) is 74.0 Å². The Morgan fingerprint density at radius 3 is 2.52 bits per heavy atom. The Labute approximate surface area is 134 Å². The van der Waals surface area contributed by atoms with Crippen molar-refractivity contribution >= 4 is 17.7 Å². The number of rotatable bonds is 5. The zero-order chi connectivity index (χ0) is 16.2. The number of non-ortho nitro benzene ring substituents is 1. The highest BCUT2D eigenvalue weighted by Gasteiger charge is 2.14. The summed E-state index contributed by atoms with van der Waals surface area (Å²) in [6.45, 7) is 3.45.